The van der Waals surface area contributed by atoms with E-state index in [4.69, 9.17) is 27.2 Å². The molecule has 0 radical (unpaired) electrons. The third-order valence-electron chi connectivity index (χ3n) is 2.40. The van der Waals surface area contributed by atoms with E-state index in [-0.39, 0.29) is 0 Å². The predicted molar refractivity (Wildman–Crippen MR) is 62.0 cm³/mol. The van der Waals surface area contributed by atoms with Crippen molar-refractivity contribution in [1.29, 1.82) is 0 Å². The molecule has 0 aliphatic rings. The molecule has 0 saturated carbocycles. The van der Waals surface area contributed by atoms with Gasteiger partial charge in [0.1, 0.15) is 11.8 Å². The Kier molecular flexibility index (Phi) is 3.78. The minimum absolute atomic E-state index is 0.328. The molecular formula is C11H14ClNO3. The van der Waals surface area contributed by atoms with Crippen LogP contribution >= 0.6 is 11.6 Å². The number of ether oxygens (including phenoxy) is 1. The SMILES string of the molecule is COc1c(C)cc(C)c(Cl)c1C(N)C(=O)O. The van der Waals surface area contributed by atoms with Crippen molar-refractivity contribution in [3.05, 3.63) is 27.8 Å². The molecule has 1 rings (SSSR count). The van der Waals surface area contributed by atoms with Crippen molar-refractivity contribution in [2.24, 2.45) is 5.73 Å². The second kappa shape index (κ2) is 4.72. The highest BCUT2D eigenvalue weighted by atomic mass is 35.5. The number of benzene rings is 1. The van der Waals surface area contributed by atoms with Gasteiger partial charge in [0.15, 0.2) is 0 Å². The molecular weight excluding hydrogens is 230 g/mol. The van der Waals surface area contributed by atoms with Gasteiger partial charge in [0, 0.05) is 5.56 Å². The zero-order valence-electron chi connectivity index (χ0n) is 9.37. The van der Waals surface area contributed by atoms with Gasteiger partial charge in [-0.05, 0) is 25.0 Å². The number of methoxy groups -OCH3 is 1. The smallest absolute Gasteiger partial charge is 0.325 e. The number of hydrogen-bond acceptors (Lipinski definition) is 3. The summed E-state index contributed by atoms with van der Waals surface area (Å²) in [6.45, 7) is 3.62. The topological polar surface area (TPSA) is 72.5 Å². The van der Waals surface area contributed by atoms with Crippen LogP contribution in [-0.4, -0.2) is 18.2 Å². The molecule has 1 aromatic carbocycles. The molecule has 0 aliphatic carbocycles. The van der Waals surface area contributed by atoms with E-state index in [0.29, 0.717) is 16.3 Å². The molecule has 4 nitrogen and oxygen atoms in total. The first-order valence-corrected chi connectivity index (χ1v) is 5.10. The van der Waals surface area contributed by atoms with Crippen molar-refractivity contribution in [2.75, 3.05) is 7.11 Å². The van der Waals surface area contributed by atoms with E-state index >= 15 is 0 Å². The maximum atomic E-state index is 10.9. The maximum Gasteiger partial charge on any atom is 0.325 e. The third-order valence-corrected chi connectivity index (χ3v) is 2.90. The van der Waals surface area contributed by atoms with Crippen molar-refractivity contribution in [3.63, 3.8) is 0 Å². The molecule has 3 N–H and O–H groups in total. The Labute approximate surface area is 99.0 Å². The van der Waals surface area contributed by atoms with Crippen LogP contribution in [0.25, 0.3) is 0 Å². The fraction of sp³-hybridized carbons (Fsp3) is 0.364. The lowest BCUT2D eigenvalue weighted by atomic mass is 10.00. The van der Waals surface area contributed by atoms with E-state index in [1.807, 2.05) is 13.0 Å². The molecule has 0 fully saturated rings. The quantitative estimate of drug-likeness (QED) is 0.852. The summed E-state index contributed by atoms with van der Waals surface area (Å²) in [5, 5.41) is 9.27. The van der Waals surface area contributed by atoms with Crippen molar-refractivity contribution in [2.45, 2.75) is 19.9 Å². The van der Waals surface area contributed by atoms with Gasteiger partial charge in [0.2, 0.25) is 0 Å². The Morgan fingerprint density at radius 2 is 2.06 bits per heavy atom. The molecule has 1 aromatic rings. The number of carboxylic acids is 1. The zero-order chi connectivity index (χ0) is 12.5. The van der Waals surface area contributed by atoms with Crippen molar-refractivity contribution >= 4 is 17.6 Å². The first-order valence-electron chi connectivity index (χ1n) is 4.72. The average molecular weight is 244 g/mol. The minimum atomic E-state index is -1.18. The van der Waals surface area contributed by atoms with Crippen LogP contribution in [0.2, 0.25) is 5.02 Å². The van der Waals surface area contributed by atoms with Crippen LogP contribution < -0.4 is 10.5 Å². The molecule has 0 saturated heterocycles. The summed E-state index contributed by atoms with van der Waals surface area (Å²) in [6, 6.07) is 0.653. The van der Waals surface area contributed by atoms with Crippen LogP contribution in [0.15, 0.2) is 6.07 Å². The maximum absolute atomic E-state index is 10.9. The Balaban J connectivity index is 3.50. The number of rotatable bonds is 3. The Morgan fingerprint density at radius 1 is 1.50 bits per heavy atom. The second-order valence-corrected chi connectivity index (χ2v) is 3.97. The highest BCUT2D eigenvalue weighted by Gasteiger charge is 2.24. The summed E-state index contributed by atoms with van der Waals surface area (Å²) in [6.07, 6.45) is 0. The van der Waals surface area contributed by atoms with Gasteiger partial charge in [-0.1, -0.05) is 17.7 Å². The van der Waals surface area contributed by atoms with Gasteiger partial charge < -0.3 is 15.6 Å². The van der Waals surface area contributed by atoms with Gasteiger partial charge in [0.05, 0.1) is 12.1 Å². The monoisotopic (exact) mass is 243 g/mol. The normalized spacial score (nSPS) is 12.3. The third kappa shape index (κ3) is 2.13. The van der Waals surface area contributed by atoms with E-state index in [1.54, 1.807) is 6.92 Å². The van der Waals surface area contributed by atoms with Gasteiger partial charge in [-0.3, -0.25) is 4.79 Å². The number of halogens is 1. The number of carbonyl (C=O) groups is 1. The molecule has 0 spiro atoms. The number of carboxylic acid groups (broad SMARTS) is 1. The Bertz CT molecular complexity index is 432. The standard InChI is InChI=1S/C11H14ClNO3/c1-5-4-6(2)10(16-3)7(8(5)12)9(13)11(14)15/h4,9H,13H2,1-3H3,(H,14,15). The number of nitrogens with two attached hydrogens (primary N) is 1. The van der Waals surface area contributed by atoms with Crippen LogP contribution in [0, 0.1) is 13.8 Å². The summed E-state index contributed by atoms with van der Waals surface area (Å²) >= 11 is 6.06. The van der Waals surface area contributed by atoms with E-state index < -0.39 is 12.0 Å². The Hall–Kier alpha value is -1.26. The molecule has 0 amide bonds. The summed E-state index contributed by atoms with van der Waals surface area (Å²) in [5.74, 6) is -0.698. The van der Waals surface area contributed by atoms with E-state index in [0.717, 1.165) is 11.1 Å². The van der Waals surface area contributed by atoms with Crippen LogP contribution in [0.1, 0.15) is 22.7 Å². The second-order valence-electron chi connectivity index (χ2n) is 3.59. The molecule has 0 heterocycles. The summed E-state index contributed by atoms with van der Waals surface area (Å²) in [4.78, 5) is 10.9. The highest BCUT2D eigenvalue weighted by molar-refractivity contribution is 6.32. The number of aryl methyl sites for hydroxylation is 2. The summed E-state index contributed by atoms with van der Waals surface area (Å²) in [7, 11) is 1.46. The zero-order valence-corrected chi connectivity index (χ0v) is 10.1. The van der Waals surface area contributed by atoms with Gasteiger partial charge in [-0.15, -0.1) is 0 Å². The van der Waals surface area contributed by atoms with Crippen molar-refractivity contribution < 1.29 is 14.6 Å². The van der Waals surface area contributed by atoms with Crippen LogP contribution in [0.4, 0.5) is 0 Å². The molecule has 0 bridgehead atoms. The van der Waals surface area contributed by atoms with E-state index in [2.05, 4.69) is 0 Å². The molecule has 1 unspecified atom stereocenters. The molecule has 0 aromatic heterocycles. The minimum Gasteiger partial charge on any atom is -0.496 e. The molecule has 1 atom stereocenters. The van der Waals surface area contributed by atoms with Crippen LogP contribution in [0.3, 0.4) is 0 Å². The largest absolute Gasteiger partial charge is 0.496 e. The number of aliphatic carboxylic acids is 1. The van der Waals surface area contributed by atoms with Crippen molar-refractivity contribution in [1.82, 2.24) is 0 Å². The fourth-order valence-corrected chi connectivity index (χ4v) is 1.91. The first-order chi connectivity index (χ1) is 7.40. The lowest BCUT2D eigenvalue weighted by molar-refractivity contribution is -0.138. The van der Waals surface area contributed by atoms with Gasteiger partial charge in [0.25, 0.3) is 0 Å². The van der Waals surface area contributed by atoms with Gasteiger partial charge >= 0.3 is 5.97 Å². The Morgan fingerprint density at radius 3 is 2.50 bits per heavy atom. The lowest BCUT2D eigenvalue weighted by Crippen LogP contribution is -2.22. The van der Waals surface area contributed by atoms with E-state index in [1.165, 1.54) is 7.11 Å². The first kappa shape index (κ1) is 12.8. The predicted octanol–water partition coefficient (Wildman–Crippen LogP) is 2.05. The number of hydrogen-bond donors (Lipinski definition) is 2. The molecule has 5 heteroatoms. The summed E-state index contributed by atoms with van der Waals surface area (Å²) in [5.41, 5.74) is 7.52. The van der Waals surface area contributed by atoms with Crippen LogP contribution in [0.5, 0.6) is 5.75 Å². The van der Waals surface area contributed by atoms with E-state index in [9.17, 15) is 4.79 Å². The molecule has 0 aliphatic heterocycles. The van der Waals surface area contributed by atoms with Crippen molar-refractivity contribution in [3.8, 4) is 5.75 Å². The van der Waals surface area contributed by atoms with Crippen LogP contribution in [-0.2, 0) is 4.79 Å². The average Bonchev–Trinajstić information content (AvgIpc) is 2.21. The fourth-order valence-electron chi connectivity index (χ4n) is 1.65. The summed E-state index contributed by atoms with van der Waals surface area (Å²) < 4.78 is 5.16. The lowest BCUT2D eigenvalue weighted by Gasteiger charge is -2.17. The highest BCUT2D eigenvalue weighted by Crippen LogP contribution is 2.36. The molecule has 16 heavy (non-hydrogen) atoms. The van der Waals surface area contributed by atoms with Gasteiger partial charge in [-0.25, -0.2) is 0 Å². The van der Waals surface area contributed by atoms with Gasteiger partial charge in [-0.2, -0.15) is 0 Å². The molecule has 88 valence electrons.